The maximum Gasteiger partial charge on any atom is 0.338 e. The van der Waals surface area contributed by atoms with Crippen molar-refractivity contribution in [2.45, 2.75) is 19.9 Å². The molecular weight excluding hydrogens is 502 g/mol. The molecule has 0 radical (unpaired) electrons. The molecule has 0 spiro atoms. The van der Waals surface area contributed by atoms with Crippen LogP contribution in [0, 0.1) is 10.1 Å². The van der Waals surface area contributed by atoms with Gasteiger partial charge in [-0.3, -0.25) is 24.3 Å². The maximum atomic E-state index is 13.6. The number of ether oxygens (including phenoxy) is 3. The van der Waals surface area contributed by atoms with Gasteiger partial charge in [0, 0.05) is 19.1 Å². The van der Waals surface area contributed by atoms with E-state index in [1.165, 1.54) is 56.0 Å². The highest BCUT2D eigenvalue weighted by atomic mass is 32.1. The highest BCUT2D eigenvalue weighted by molar-refractivity contribution is 7.07. The number of hydrogen-bond donors (Lipinski definition) is 0. The standard InChI is InChI=1S/C25H21N3O8S/c1-13-21(24(31)35-4)22(16-7-10-18(36-14(2)29)19(12-16)34-3)27-23(30)20(37-25(27)26-13)11-15-5-8-17(9-6-15)28(32)33/h5-12,22H,1-4H3/b20-11+/t22-/m0/s1. The number of benzene rings is 2. The molecule has 0 fully saturated rings. The van der Waals surface area contributed by atoms with Crippen LogP contribution < -0.4 is 24.4 Å². The first-order valence-electron chi connectivity index (χ1n) is 10.9. The molecule has 4 rings (SSSR count). The molecule has 2 aromatic carbocycles. The molecule has 0 amide bonds. The van der Waals surface area contributed by atoms with Crippen molar-refractivity contribution >= 4 is 35.0 Å². The monoisotopic (exact) mass is 523 g/mol. The first-order chi connectivity index (χ1) is 17.6. The number of non-ortho nitro benzene ring substituents is 1. The van der Waals surface area contributed by atoms with Crippen molar-refractivity contribution in [3.63, 3.8) is 0 Å². The number of methoxy groups -OCH3 is 2. The minimum absolute atomic E-state index is 0.0666. The molecule has 1 aliphatic rings. The molecule has 3 aromatic rings. The Morgan fingerprint density at radius 1 is 1.14 bits per heavy atom. The zero-order valence-corrected chi connectivity index (χ0v) is 21.0. The Morgan fingerprint density at radius 2 is 1.84 bits per heavy atom. The van der Waals surface area contributed by atoms with E-state index in [2.05, 4.69) is 4.99 Å². The van der Waals surface area contributed by atoms with E-state index in [1.807, 2.05) is 0 Å². The van der Waals surface area contributed by atoms with Crippen LogP contribution >= 0.6 is 11.3 Å². The van der Waals surface area contributed by atoms with Gasteiger partial charge in [-0.15, -0.1) is 0 Å². The Bertz CT molecular complexity index is 1630. The molecule has 37 heavy (non-hydrogen) atoms. The molecule has 0 bridgehead atoms. The molecular formula is C25H21N3O8S. The van der Waals surface area contributed by atoms with Crippen molar-refractivity contribution in [1.82, 2.24) is 4.57 Å². The lowest BCUT2D eigenvalue weighted by Crippen LogP contribution is -2.39. The fourth-order valence-corrected chi connectivity index (χ4v) is 4.99. The van der Waals surface area contributed by atoms with Gasteiger partial charge in [0.25, 0.3) is 11.2 Å². The average molecular weight is 524 g/mol. The van der Waals surface area contributed by atoms with Crippen LogP contribution in [0.2, 0.25) is 0 Å². The topological polar surface area (TPSA) is 139 Å². The van der Waals surface area contributed by atoms with Gasteiger partial charge in [0.1, 0.15) is 0 Å². The fourth-order valence-electron chi connectivity index (χ4n) is 3.95. The summed E-state index contributed by atoms with van der Waals surface area (Å²) >= 11 is 1.12. The predicted molar refractivity (Wildman–Crippen MR) is 133 cm³/mol. The molecule has 0 N–H and O–H groups in total. The molecule has 2 heterocycles. The number of allylic oxidation sites excluding steroid dienone is 1. The lowest BCUT2D eigenvalue weighted by molar-refractivity contribution is -0.384. The third-order valence-corrected chi connectivity index (χ3v) is 6.57. The van der Waals surface area contributed by atoms with E-state index >= 15 is 0 Å². The summed E-state index contributed by atoms with van der Waals surface area (Å²) in [6, 6.07) is 9.60. The van der Waals surface area contributed by atoms with Crippen molar-refractivity contribution in [1.29, 1.82) is 0 Å². The van der Waals surface area contributed by atoms with E-state index in [4.69, 9.17) is 14.2 Å². The number of nitro benzene ring substituents is 1. The molecule has 1 aromatic heterocycles. The van der Waals surface area contributed by atoms with E-state index in [0.717, 1.165) is 11.3 Å². The van der Waals surface area contributed by atoms with Gasteiger partial charge in [-0.1, -0.05) is 17.4 Å². The fraction of sp³-hybridized carbons (Fsp3) is 0.200. The van der Waals surface area contributed by atoms with Crippen LogP contribution in [0.25, 0.3) is 6.08 Å². The van der Waals surface area contributed by atoms with Crippen molar-refractivity contribution in [2.75, 3.05) is 14.2 Å². The average Bonchev–Trinajstić information content (AvgIpc) is 3.17. The maximum absolute atomic E-state index is 13.6. The van der Waals surface area contributed by atoms with Crippen LogP contribution in [-0.2, 0) is 14.3 Å². The second-order valence-corrected chi connectivity index (χ2v) is 8.94. The number of rotatable bonds is 6. The number of nitrogens with zero attached hydrogens (tertiary/aromatic N) is 3. The third kappa shape index (κ3) is 4.91. The number of esters is 2. The Balaban J connectivity index is 1.92. The normalized spacial score (nSPS) is 15.0. The Hall–Kier alpha value is -4.58. The lowest BCUT2D eigenvalue weighted by atomic mass is 9.95. The zero-order valence-electron chi connectivity index (χ0n) is 20.2. The van der Waals surface area contributed by atoms with Crippen molar-refractivity contribution in [3.05, 3.63) is 94.7 Å². The molecule has 11 nitrogen and oxygen atoms in total. The first-order valence-corrected chi connectivity index (χ1v) is 11.7. The Kier molecular flexibility index (Phi) is 7.02. The second-order valence-electron chi connectivity index (χ2n) is 7.93. The molecule has 0 saturated heterocycles. The summed E-state index contributed by atoms with van der Waals surface area (Å²) in [6.07, 6.45) is 1.60. The molecule has 0 saturated carbocycles. The number of thiazole rings is 1. The summed E-state index contributed by atoms with van der Waals surface area (Å²) in [5.74, 6) is -0.764. The van der Waals surface area contributed by atoms with E-state index in [0.29, 0.717) is 26.2 Å². The van der Waals surface area contributed by atoms with E-state index in [-0.39, 0.29) is 22.8 Å². The van der Waals surface area contributed by atoms with Gasteiger partial charge >= 0.3 is 11.9 Å². The van der Waals surface area contributed by atoms with E-state index < -0.39 is 28.5 Å². The summed E-state index contributed by atoms with van der Waals surface area (Å²) in [4.78, 5) is 53.2. The highest BCUT2D eigenvalue weighted by Crippen LogP contribution is 2.36. The molecule has 0 aliphatic carbocycles. The summed E-state index contributed by atoms with van der Waals surface area (Å²) in [5.41, 5.74) is 1.16. The third-order valence-electron chi connectivity index (χ3n) is 5.59. The highest BCUT2D eigenvalue weighted by Gasteiger charge is 2.33. The lowest BCUT2D eigenvalue weighted by Gasteiger charge is -2.25. The Labute approximate surface area is 213 Å². The number of aromatic nitrogens is 1. The molecule has 12 heteroatoms. The number of nitro groups is 1. The summed E-state index contributed by atoms with van der Waals surface area (Å²) < 4.78 is 17.3. The van der Waals surface area contributed by atoms with E-state index in [1.54, 1.807) is 25.1 Å². The van der Waals surface area contributed by atoms with Gasteiger partial charge in [0.15, 0.2) is 16.3 Å². The molecule has 190 valence electrons. The van der Waals surface area contributed by atoms with E-state index in [9.17, 15) is 24.5 Å². The number of hydrogen-bond acceptors (Lipinski definition) is 10. The smallest absolute Gasteiger partial charge is 0.338 e. The summed E-state index contributed by atoms with van der Waals surface area (Å²) in [7, 11) is 2.65. The van der Waals surface area contributed by atoms with Crippen molar-refractivity contribution < 1.29 is 28.7 Å². The second kappa shape index (κ2) is 10.2. The predicted octanol–water partition coefficient (Wildman–Crippen LogP) is 2.25. The minimum Gasteiger partial charge on any atom is -0.493 e. The molecule has 1 atom stereocenters. The SMILES string of the molecule is COC(=O)C1=C(C)N=c2s/c(=C/c3ccc([N+](=O)[O-])cc3)c(=O)n2[C@H]1c1ccc(OC(C)=O)c(OC)c1. The largest absolute Gasteiger partial charge is 0.493 e. The van der Waals surface area contributed by atoms with Gasteiger partial charge in [-0.2, -0.15) is 0 Å². The van der Waals surface area contributed by atoms with Crippen LogP contribution in [0.5, 0.6) is 11.5 Å². The van der Waals surface area contributed by atoms with Gasteiger partial charge in [0.05, 0.1) is 41.0 Å². The van der Waals surface area contributed by atoms with Crippen LogP contribution in [0.1, 0.15) is 31.0 Å². The van der Waals surface area contributed by atoms with Gasteiger partial charge in [-0.05, 0) is 48.4 Å². The summed E-state index contributed by atoms with van der Waals surface area (Å²) in [6.45, 7) is 2.91. The van der Waals surface area contributed by atoms with Crippen LogP contribution in [-0.4, -0.2) is 35.6 Å². The number of carbonyl (C=O) groups is 2. The van der Waals surface area contributed by atoms with Gasteiger partial charge in [0.2, 0.25) is 0 Å². The quantitative estimate of drug-likeness (QED) is 0.207. The first kappa shape index (κ1) is 25.5. The number of fused-ring (bicyclic) bond motifs is 1. The van der Waals surface area contributed by atoms with Crippen LogP contribution in [0.4, 0.5) is 5.69 Å². The van der Waals surface area contributed by atoms with Gasteiger partial charge in [-0.25, -0.2) is 9.79 Å². The zero-order chi connectivity index (χ0) is 26.9. The van der Waals surface area contributed by atoms with Crippen LogP contribution in [0.3, 0.4) is 0 Å². The summed E-state index contributed by atoms with van der Waals surface area (Å²) in [5, 5.41) is 10.9. The Morgan fingerprint density at radius 3 is 2.43 bits per heavy atom. The van der Waals surface area contributed by atoms with Gasteiger partial charge < -0.3 is 14.2 Å². The van der Waals surface area contributed by atoms with Crippen molar-refractivity contribution in [3.8, 4) is 11.5 Å². The molecule has 1 aliphatic heterocycles. The molecule has 0 unspecified atom stereocenters. The number of carbonyl (C=O) groups excluding carboxylic acids is 2. The van der Waals surface area contributed by atoms with Crippen LogP contribution in [0.15, 0.2) is 63.5 Å². The van der Waals surface area contributed by atoms with Crippen molar-refractivity contribution in [2.24, 2.45) is 4.99 Å². The minimum atomic E-state index is -0.900.